The maximum absolute atomic E-state index is 13.0. The average Bonchev–Trinajstić information content (AvgIpc) is 3.26. The molecule has 1 amide bonds. The second-order valence-corrected chi connectivity index (χ2v) is 7.16. The molecule has 0 aliphatic carbocycles. The second-order valence-electron chi connectivity index (χ2n) is 7.16. The summed E-state index contributed by atoms with van der Waals surface area (Å²) < 4.78 is 7.03. The van der Waals surface area contributed by atoms with Crippen molar-refractivity contribution in [2.24, 2.45) is 0 Å². The number of ether oxygens (including phenoxy) is 1. The number of amides is 1. The normalized spacial score (nSPS) is 17.5. The lowest BCUT2D eigenvalue weighted by Crippen LogP contribution is -2.42. The minimum atomic E-state index is -0.291. The van der Waals surface area contributed by atoms with Crippen molar-refractivity contribution in [1.82, 2.24) is 15.1 Å². The van der Waals surface area contributed by atoms with Gasteiger partial charge in [-0.05, 0) is 31.4 Å². The number of benzene rings is 2. The van der Waals surface area contributed by atoms with Crippen molar-refractivity contribution in [3.8, 4) is 0 Å². The van der Waals surface area contributed by atoms with E-state index in [-0.39, 0.29) is 29.3 Å². The first kappa shape index (κ1) is 18.4. The van der Waals surface area contributed by atoms with Crippen molar-refractivity contribution in [3.05, 3.63) is 76.2 Å². The second kappa shape index (κ2) is 7.94. The van der Waals surface area contributed by atoms with Crippen LogP contribution in [0.3, 0.4) is 0 Å². The molecule has 1 aliphatic heterocycles. The average molecular weight is 377 g/mol. The Morgan fingerprint density at radius 1 is 1.18 bits per heavy atom. The molecule has 0 spiro atoms. The summed E-state index contributed by atoms with van der Waals surface area (Å²) in [4.78, 5) is 25.9. The van der Waals surface area contributed by atoms with Gasteiger partial charge < -0.3 is 10.1 Å². The molecule has 1 saturated heterocycles. The van der Waals surface area contributed by atoms with Gasteiger partial charge in [-0.2, -0.15) is 5.10 Å². The van der Waals surface area contributed by atoms with E-state index in [0.29, 0.717) is 17.3 Å². The molecule has 28 heavy (non-hydrogen) atoms. The topological polar surface area (TPSA) is 73.2 Å². The molecule has 1 fully saturated rings. The number of carbonyl (C=O) groups is 1. The first-order valence-electron chi connectivity index (χ1n) is 9.60. The highest BCUT2D eigenvalue weighted by atomic mass is 16.5. The van der Waals surface area contributed by atoms with Crippen molar-refractivity contribution in [2.45, 2.75) is 38.5 Å². The van der Waals surface area contributed by atoms with Gasteiger partial charge in [0, 0.05) is 12.0 Å². The van der Waals surface area contributed by atoms with Crippen molar-refractivity contribution in [3.63, 3.8) is 0 Å². The summed E-state index contributed by atoms with van der Waals surface area (Å²) in [5, 5.41) is 8.48. The highest BCUT2D eigenvalue weighted by molar-refractivity contribution is 6.04. The molecule has 4 rings (SSSR count). The van der Waals surface area contributed by atoms with Gasteiger partial charge in [0.25, 0.3) is 11.5 Å². The summed E-state index contributed by atoms with van der Waals surface area (Å²) in [5.41, 5.74) is 1.01. The van der Waals surface area contributed by atoms with Crippen molar-refractivity contribution in [2.75, 3.05) is 6.61 Å². The number of hydrogen-bond acceptors (Lipinski definition) is 4. The van der Waals surface area contributed by atoms with Crippen molar-refractivity contribution >= 4 is 16.7 Å². The molecule has 3 aromatic rings. The molecule has 2 aromatic carbocycles. The molecule has 0 unspecified atom stereocenters. The zero-order chi connectivity index (χ0) is 19.5. The van der Waals surface area contributed by atoms with Gasteiger partial charge in [-0.15, -0.1) is 0 Å². The van der Waals surface area contributed by atoms with Crippen LogP contribution in [-0.4, -0.2) is 34.4 Å². The van der Waals surface area contributed by atoms with E-state index in [1.807, 2.05) is 43.3 Å². The van der Waals surface area contributed by atoms with Crippen LogP contribution in [0.2, 0.25) is 0 Å². The van der Waals surface area contributed by atoms with E-state index in [9.17, 15) is 9.59 Å². The Labute approximate surface area is 163 Å². The Morgan fingerprint density at radius 3 is 2.61 bits per heavy atom. The molecule has 2 atom stereocenters. The third-order valence-electron chi connectivity index (χ3n) is 5.14. The van der Waals surface area contributed by atoms with E-state index in [1.165, 1.54) is 4.68 Å². The molecule has 2 heterocycles. The number of carbonyl (C=O) groups excluding carboxylic acids is 1. The third-order valence-corrected chi connectivity index (χ3v) is 5.14. The minimum absolute atomic E-state index is 0.0189. The zero-order valence-corrected chi connectivity index (χ0v) is 15.8. The molecule has 0 radical (unpaired) electrons. The highest BCUT2D eigenvalue weighted by Gasteiger charge is 2.25. The fourth-order valence-corrected chi connectivity index (χ4v) is 3.63. The van der Waals surface area contributed by atoms with Crippen LogP contribution in [0, 0.1) is 0 Å². The Kier molecular flexibility index (Phi) is 5.21. The fourth-order valence-electron chi connectivity index (χ4n) is 3.63. The maximum atomic E-state index is 13.0. The maximum Gasteiger partial charge on any atom is 0.274 e. The predicted octanol–water partition coefficient (Wildman–Crippen LogP) is 2.74. The van der Waals surface area contributed by atoms with Crippen LogP contribution in [0.25, 0.3) is 10.8 Å². The molecule has 0 saturated carbocycles. The summed E-state index contributed by atoms with van der Waals surface area (Å²) >= 11 is 0. The van der Waals surface area contributed by atoms with Crippen LogP contribution in [0.4, 0.5) is 0 Å². The van der Waals surface area contributed by atoms with Gasteiger partial charge in [0.1, 0.15) is 0 Å². The van der Waals surface area contributed by atoms with Crippen LogP contribution in [-0.2, 0) is 11.3 Å². The Balaban J connectivity index is 1.71. The SMILES string of the molecule is C[C@@H](NC(=O)c1nn(Cc2ccccc2)c(=O)c2ccccc12)[C@H]1CCCO1. The van der Waals surface area contributed by atoms with Gasteiger partial charge in [0.2, 0.25) is 0 Å². The minimum Gasteiger partial charge on any atom is -0.376 e. The van der Waals surface area contributed by atoms with Crippen LogP contribution >= 0.6 is 0 Å². The van der Waals surface area contributed by atoms with Crippen LogP contribution in [0.1, 0.15) is 35.8 Å². The summed E-state index contributed by atoms with van der Waals surface area (Å²) in [6.07, 6.45) is 1.96. The van der Waals surface area contributed by atoms with E-state index in [0.717, 1.165) is 25.0 Å². The van der Waals surface area contributed by atoms with Crippen LogP contribution in [0.15, 0.2) is 59.4 Å². The third kappa shape index (κ3) is 3.68. The molecule has 6 heteroatoms. The Morgan fingerprint density at radius 2 is 1.89 bits per heavy atom. The standard InChI is InChI=1S/C22H23N3O3/c1-15(19-12-7-13-28-19)23-21(26)20-17-10-5-6-11-18(17)22(27)25(24-20)14-16-8-3-2-4-9-16/h2-6,8-11,15,19H,7,12-14H2,1H3,(H,23,26)/t15-,19-/m1/s1. The van der Waals surface area contributed by atoms with E-state index >= 15 is 0 Å². The lowest BCUT2D eigenvalue weighted by Gasteiger charge is -2.20. The monoisotopic (exact) mass is 377 g/mol. The number of rotatable bonds is 5. The van der Waals surface area contributed by atoms with E-state index in [2.05, 4.69) is 10.4 Å². The van der Waals surface area contributed by atoms with Gasteiger partial charge in [-0.1, -0.05) is 48.5 Å². The van der Waals surface area contributed by atoms with E-state index in [1.54, 1.807) is 18.2 Å². The molecule has 1 aromatic heterocycles. The molecular weight excluding hydrogens is 354 g/mol. The number of hydrogen-bond donors (Lipinski definition) is 1. The van der Waals surface area contributed by atoms with Gasteiger partial charge in [0.15, 0.2) is 5.69 Å². The summed E-state index contributed by atoms with van der Waals surface area (Å²) in [5.74, 6) is -0.291. The first-order valence-corrected chi connectivity index (χ1v) is 9.60. The van der Waals surface area contributed by atoms with Crippen molar-refractivity contribution < 1.29 is 9.53 Å². The lowest BCUT2D eigenvalue weighted by atomic mass is 10.1. The molecular formula is C22H23N3O3. The summed E-state index contributed by atoms with van der Waals surface area (Å²) in [6, 6.07) is 16.6. The number of aromatic nitrogens is 2. The van der Waals surface area contributed by atoms with Gasteiger partial charge in [-0.3, -0.25) is 9.59 Å². The largest absolute Gasteiger partial charge is 0.376 e. The quantitative estimate of drug-likeness (QED) is 0.742. The molecule has 6 nitrogen and oxygen atoms in total. The highest BCUT2D eigenvalue weighted by Crippen LogP contribution is 2.17. The predicted molar refractivity (Wildman–Crippen MR) is 107 cm³/mol. The number of nitrogens with zero attached hydrogens (tertiary/aromatic N) is 2. The van der Waals surface area contributed by atoms with Gasteiger partial charge in [-0.25, -0.2) is 4.68 Å². The number of nitrogens with one attached hydrogen (secondary N) is 1. The van der Waals surface area contributed by atoms with E-state index in [4.69, 9.17) is 4.74 Å². The Hall–Kier alpha value is -2.99. The Bertz CT molecular complexity index is 1040. The van der Waals surface area contributed by atoms with Crippen LogP contribution < -0.4 is 10.9 Å². The van der Waals surface area contributed by atoms with E-state index < -0.39 is 0 Å². The smallest absolute Gasteiger partial charge is 0.274 e. The van der Waals surface area contributed by atoms with Crippen molar-refractivity contribution in [1.29, 1.82) is 0 Å². The van der Waals surface area contributed by atoms with Crippen LogP contribution in [0.5, 0.6) is 0 Å². The molecule has 1 N–H and O–H groups in total. The number of fused-ring (bicyclic) bond motifs is 1. The molecule has 144 valence electrons. The molecule has 1 aliphatic rings. The summed E-state index contributed by atoms with van der Waals surface area (Å²) in [7, 11) is 0. The van der Waals surface area contributed by atoms with Gasteiger partial charge >= 0.3 is 0 Å². The fraction of sp³-hybridized carbons (Fsp3) is 0.318. The molecule has 0 bridgehead atoms. The zero-order valence-electron chi connectivity index (χ0n) is 15.8. The lowest BCUT2D eigenvalue weighted by molar-refractivity contribution is 0.0709. The van der Waals surface area contributed by atoms with Gasteiger partial charge in [0.05, 0.1) is 24.1 Å². The first-order chi connectivity index (χ1) is 13.6. The summed E-state index contributed by atoms with van der Waals surface area (Å²) in [6.45, 7) is 2.98.